The molecular weight excluding hydrogens is 424 g/mol. The van der Waals surface area contributed by atoms with E-state index in [2.05, 4.69) is 38.0 Å². The molecule has 0 spiro atoms. The highest BCUT2D eigenvalue weighted by molar-refractivity contribution is 9.10. The first-order valence-corrected chi connectivity index (χ1v) is 10.4. The van der Waals surface area contributed by atoms with Crippen LogP contribution in [-0.4, -0.2) is 89.5 Å². The molecule has 3 aliphatic rings. The van der Waals surface area contributed by atoms with E-state index in [9.17, 15) is 9.59 Å². The molecule has 2 unspecified atom stereocenters. The van der Waals surface area contributed by atoms with Crippen molar-refractivity contribution in [3.63, 3.8) is 0 Å². The normalized spacial score (nSPS) is 25.7. The molecule has 4 rings (SSSR count). The van der Waals surface area contributed by atoms with Crippen molar-refractivity contribution in [2.45, 2.75) is 25.7 Å². The molecule has 1 N–H and O–H groups in total. The number of nitrogens with one attached hydrogen (secondary N) is 1. The van der Waals surface area contributed by atoms with E-state index in [1.165, 1.54) is 4.90 Å². The van der Waals surface area contributed by atoms with Gasteiger partial charge in [0.1, 0.15) is 0 Å². The van der Waals surface area contributed by atoms with Crippen molar-refractivity contribution >= 4 is 33.8 Å². The molecule has 1 aromatic carbocycles. The van der Waals surface area contributed by atoms with Gasteiger partial charge in [-0.3, -0.25) is 10.1 Å². The van der Waals surface area contributed by atoms with Crippen LogP contribution in [0.25, 0.3) is 0 Å². The maximum atomic E-state index is 12.7. The molecule has 2 saturated heterocycles. The third kappa shape index (κ3) is 3.48. The van der Waals surface area contributed by atoms with Gasteiger partial charge in [-0.05, 0) is 24.2 Å². The predicted molar refractivity (Wildman–Crippen MR) is 110 cm³/mol. The van der Waals surface area contributed by atoms with Gasteiger partial charge in [0, 0.05) is 44.2 Å². The van der Waals surface area contributed by atoms with E-state index in [0.29, 0.717) is 6.54 Å². The first-order chi connectivity index (χ1) is 13.5. The third-order valence-electron chi connectivity index (χ3n) is 5.71. The number of nitrogens with zero attached hydrogens (tertiary/aromatic N) is 5. The lowest BCUT2D eigenvalue weighted by Gasteiger charge is -2.40. The summed E-state index contributed by atoms with van der Waals surface area (Å²) in [5.74, 6) is 0.529. The Labute approximate surface area is 173 Å². The summed E-state index contributed by atoms with van der Waals surface area (Å²) >= 11 is 3.47. The summed E-state index contributed by atoms with van der Waals surface area (Å²) < 4.78 is 1.01. The van der Waals surface area contributed by atoms with Crippen molar-refractivity contribution in [1.82, 2.24) is 24.9 Å². The predicted octanol–water partition coefficient (Wildman–Crippen LogP) is 1.13. The lowest BCUT2D eigenvalue weighted by Crippen LogP contribution is -2.64. The Morgan fingerprint density at radius 1 is 1.14 bits per heavy atom. The van der Waals surface area contributed by atoms with Gasteiger partial charge in [-0.15, -0.1) is 0 Å². The van der Waals surface area contributed by atoms with Gasteiger partial charge in [0.2, 0.25) is 0 Å². The van der Waals surface area contributed by atoms with Gasteiger partial charge in [0.05, 0.1) is 0 Å². The van der Waals surface area contributed by atoms with Crippen molar-refractivity contribution in [3.05, 3.63) is 34.3 Å². The summed E-state index contributed by atoms with van der Waals surface area (Å²) in [7, 11) is 1.69. The van der Waals surface area contributed by atoms with Gasteiger partial charge in [-0.25, -0.2) is 9.79 Å². The van der Waals surface area contributed by atoms with Crippen LogP contribution >= 0.6 is 15.9 Å². The van der Waals surface area contributed by atoms with Gasteiger partial charge in [-0.1, -0.05) is 35.0 Å². The first kappa shape index (κ1) is 19.2. The third-order valence-corrected chi connectivity index (χ3v) is 6.24. The van der Waals surface area contributed by atoms with Gasteiger partial charge < -0.3 is 19.6 Å². The second-order valence-electron chi connectivity index (χ2n) is 7.37. The number of guanidine groups is 1. The minimum atomic E-state index is -0.509. The lowest BCUT2D eigenvalue weighted by atomic mass is 10.1. The van der Waals surface area contributed by atoms with Crippen LogP contribution in [0.15, 0.2) is 33.7 Å². The fourth-order valence-corrected chi connectivity index (χ4v) is 4.26. The number of hydrogen-bond donors (Lipinski definition) is 1. The SMILES string of the molecule is CCN1CCN(C2=NC3C(C(=O)NC(=O)N3C)N2Cc2ccc(Br)cc2)CC1. The second kappa shape index (κ2) is 7.71. The average Bonchev–Trinajstić information content (AvgIpc) is 3.08. The Bertz CT molecular complexity index is 790. The number of aliphatic imine (C=N–C) groups is 1. The number of piperazine rings is 1. The Hall–Kier alpha value is -2.13. The molecule has 28 heavy (non-hydrogen) atoms. The van der Waals surface area contributed by atoms with Crippen LogP contribution in [-0.2, 0) is 11.3 Å². The number of carbonyl (C=O) groups excluding carboxylic acids is 2. The molecule has 0 bridgehead atoms. The van der Waals surface area contributed by atoms with Crippen molar-refractivity contribution in [2.24, 2.45) is 4.99 Å². The molecule has 9 heteroatoms. The minimum absolute atomic E-state index is 0.281. The summed E-state index contributed by atoms with van der Waals surface area (Å²) in [5, 5.41) is 2.46. The van der Waals surface area contributed by atoms with E-state index in [-0.39, 0.29) is 5.91 Å². The van der Waals surface area contributed by atoms with E-state index in [4.69, 9.17) is 4.99 Å². The molecule has 0 aromatic heterocycles. The molecule has 3 heterocycles. The number of imide groups is 1. The van der Waals surface area contributed by atoms with Crippen LogP contribution in [0, 0.1) is 0 Å². The van der Waals surface area contributed by atoms with Gasteiger partial charge in [0.25, 0.3) is 5.91 Å². The highest BCUT2D eigenvalue weighted by atomic mass is 79.9. The van der Waals surface area contributed by atoms with E-state index < -0.39 is 18.2 Å². The topological polar surface area (TPSA) is 71.5 Å². The Kier molecular flexibility index (Phi) is 5.29. The van der Waals surface area contributed by atoms with E-state index in [0.717, 1.165) is 48.7 Å². The largest absolute Gasteiger partial charge is 0.340 e. The van der Waals surface area contributed by atoms with Crippen LogP contribution in [0.2, 0.25) is 0 Å². The number of carbonyl (C=O) groups is 2. The number of rotatable bonds is 3. The number of urea groups is 1. The number of amides is 3. The molecule has 8 nitrogen and oxygen atoms in total. The monoisotopic (exact) mass is 448 g/mol. The van der Waals surface area contributed by atoms with Crippen LogP contribution < -0.4 is 5.32 Å². The molecule has 1 aromatic rings. The zero-order valence-corrected chi connectivity index (χ0v) is 17.7. The highest BCUT2D eigenvalue weighted by Crippen LogP contribution is 2.28. The summed E-state index contributed by atoms with van der Waals surface area (Å²) in [4.78, 5) is 37.9. The number of benzene rings is 1. The number of hydrogen-bond acceptors (Lipinski definition) is 6. The maximum Gasteiger partial charge on any atom is 0.325 e. The second-order valence-corrected chi connectivity index (χ2v) is 8.28. The average molecular weight is 449 g/mol. The van der Waals surface area contributed by atoms with Crippen molar-refractivity contribution in [1.29, 1.82) is 0 Å². The fourth-order valence-electron chi connectivity index (χ4n) is 3.99. The van der Waals surface area contributed by atoms with Gasteiger partial charge >= 0.3 is 6.03 Å². The molecule has 3 amide bonds. The maximum absolute atomic E-state index is 12.7. The number of likely N-dealkylation sites (N-methyl/N-ethyl adjacent to an activating group) is 2. The smallest absolute Gasteiger partial charge is 0.325 e. The molecule has 0 radical (unpaired) electrons. The molecule has 3 aliphatic heterocycles. The molecule has 150 valence electrons. The molecule has 2 atom stereocenters. The van der Waals surface area contributed by atoms with Crippen molar-refractivity contribution in [2.75, 3.05) is 39.8 Å². The van der Waals surface area contributed by atoms with Crippen LogP contribution in [0.3, 0.4) is 0 Å². The van der Waals surface area contributed by atoms with Gasteiger partial charge in [-0.2, -0.15) is 0 Å². The standard InChI is InChI=1S/C19H25BrN6O2/c1-3-24-8-10-25(11-9-24)18-21-16-15(17(27)22-19(28)23(16)2)26(18)12-13-4-6-14(20)7-5-13/h4-7,15-16H,3,8-12H2,1-2H3,(H,22,27,28). The Morgan fingerprint density at radius 3 is 2.46 bits per heavy atom. The number of fused-ring (bicyclic) bond motifs is 1. The quantitative estimate of drug-likeness (QED) is 0.750. The molecule has 0 saturated carbocycles. The van der Waals surface area contributed by atoms with Gasteiger partial charge in [0.15, 0.2) is 18.2 Å². The van der Waals surface area contributed by atoms with E-state index in [1.807, 2.05) is 29.2 Å². The molecular formula is C19H25BrN6O2. The summed E-state index contributed by atoms with van der Waals surface area (Å²) in [6.45, 7) is 7.44. The fraction of sp³-hybridized carbons (Fsp3) is 0.526. The van der Waals surface area contributed by atoms with Crippen LogP contribution in [0.5, 0.6) is 0 Å². The first-order valence-electron chi connectivity index (χ1n) is 9.61. The molecule has 2 fully saturated rings. The van der Waals surface area contributed by atoms with Crippen molar-refractivity contribution in [3.8, 4) is 0 Å². The molecule has 0 aliphatic carbocycles. The minimum Gasteiger partial charge on any atom is -0.340 e. The zero-order valence-electron chi connectivity index (χ0n) is 16.1. The Morgan fingerprint density at radius 2 is 1.82 bits per heavy atom. The zero-order chi connectivity index (χ0) is 19.8. The summed E-state index contributed by atoms with van der Waals surface area (Å²) in [6.07, 6.45) is -0.490. The number of halogens is 1. The van der Waals surface area contributed by atoms with Crippen LogP contribution in [0.1, 0.15) is 12.5 Å². The lowest BCUT2D eigenvalue weighted by molar-refractivity contribution is -0.127. The van der Waals surface area contributed by atoms with E-state index >= 15 is 0 Å². The van der Waals surface area contributed by atoms with E-state index in [1.54, 1.807) is 7.05 Å². The Balaban J connectivity index is 1.63. The summed E-state index contributed by atoms with van der Waals surface area (Å²) in [6, 6.07) is 7.17. The van der Waals surface area contributed by atoms with Crippen LogP contribution in [0.4, 0.5) is 4.79 Å². The highest BCUT2D eigenvalue weighted by Gasteiger charge is 2.49. The van der Waals surface area contributed by atoms with Crippen molar-refractivity contribution < 1.29 is 9.59 Å². The summed E-state index contributed by atoms with van der Waals surface area (Å²) in [5.41, 5.74) is 1.09.